The van der Waals surface area contributed by atoms with Crippen LogP contribution < -0.4 is 4.74 Å². The van der Waals surface area contributed by atoms with Crippen LogP contribution in [0.25, 0.3) is 0 Å². The number of rotatable bonds is 3. The summed E-state index contributed by atoms with van der Waals surface area (Å²) < 4.78 is 7.54. The fourth-order valence-corrected chi connectivity index (χ4v) is 3.89. The molecule has 0 aliphatic carbocycles. The highest BCUT2D eigenvalue weighted by Crippen LogP contribution is 2.32. The summed E-state index contributed by atoms with van der Waals surface area (Å²) in [6.07, 6.45) is 6.47. The minimum atomic E-state index is -1.03. The van der Waals surface area contributed by atoms with Crippen LogP contribution in [-0.4, -0.2) is 50.6 Å². The van der Waals surface area contributed by atoms with Crippen LogP contribution in [0.5, 0.6) is 5.75 Å². The second-order valence-corrected chi connectivity index (χ2v) is 6.88. The van der Waals surface area contributed by atoms with Gasteiger partial charge in [-0.25, -0.2) is 9.78 Å². The van der Waals surface area contributed by atoms with Gasteiger partial charge in [0.2, 0.25) is 0 Å². The number of aryl methyl sites for hydroxylation is 1. The number of para-hydroxylation sites is 1. The number of hydrogen-bond acceptors (Lipinski definition) is 4. The number of imidazole rings is 1. The molecule has 3 heterocycles. The number of carboxylic acid groups (broad SMARTS) is 1. The van der Waals surface area contributed by atoms with E-state index in [-0.39, 0.29) is 5.91 Å². The van der Waals surface area contributed by atoms with Gasteiger partial charge in [0.1, 0.15) is 11.3 Å². The van der Waals surface area contributed by atoms with E-state index in [9.17, 15) is 14.7 Å². The summed E-state index contributed by atoms with van der Waals surface area (Å²) in [7, 11) is 0. The Kier molecular flexibility index (Phi) is 4.14. The van der Waals surface area contributed by atoms with Crippen LogP contribution in [0.15, 0.2) is 43.0 Å². The summed E-state index contributed by atoms with van der Waals surface area (Å²) in [6, 6.07) is 7.78. The smallest absolute Gasteiger partial charge is 0.330 e. The van der Waals surface area contributed by atoms with Crippen LogP contribution in [0.1, 0.15) is 24.8 Å². The third-order valence-electron chi connectivity index (χ3n) is 5.49. The van der Waals surface area contributed by atoms with Crippen molar-refractivity contribution < 1.29 is 19.4 Å². The van der Waals surface area contributed by atoms with Gasteiger partial charge in [0.05, 0.1) is 6.33 Å². The molecule has 1 amide bonds. The largest absolute Gasteiger partial charge is 0.480 e. The van der Waals surface area contributed by atoms with Crippen molar-refractivity contribution >= 4 is 11.9 Å². The first kappa shape index (κ1) is 16.6. The van der Waals surface area contributed by atoms with E-state index in [4.69, 9.17) is 4.74 Å². The molecule has 1 aromatic heterocycles. The lowest BCUT2D eigenvalue weighted by Crippen LogP contribution is -2.54. The van der Waals surface area contributed by atoms with E-state index in [1.54, 1.807) is 21.9 Å². The first-order chi connectivity index (χ1) is 12.6. The Morgan fingerprint density at radius 2 is 2.00 bits per heavy atom. The second kappa shape index (κ2) is 6.48. The number of aliphatic carboxylic acids is 1. The van der Waals surface area contributed by atoms with Crippen LogP contribution in [0, 0.1) is 0 Å². The minimum absolute atomic E-state index is 0.0517. The van der Waals surface area contributed by atoms with Crippen molar-refractivity contribution in [3.63, 3.8) is 0 Å². The molecular weight excluding hydrogens is 334 g/mol. The lowest BCUT2D eigenvalue weighted by molar-refractivity contribution is -0.154. The zero-order chi connectivity index (χ0) is 18.1. The third kappa shape index (κ3) is 2.73. The Morgan fingerprint density at radius 3 is 2.69 bits per heavy atom. The molecule has 2 aromatic rings. The van der Waals surface area contributed by atoms with Gasteiger partial charge in [-0.2, -0.15) is 0 Å². The number of carboxylic acids is 1. The first-order valence-electron chi connectivity index (χ1n) is 8.85. The molecule has 136 valence electrons. The SMILES string of the molecule is O=C(C1CCc2ccccc2O1)N1CCC(C(=O)O)(n2ccnc2)CC1. The van der Waals surface area contributed by atoms with Crippen LogP contribution in [-0.2, 0) is 21.5 Å². The van der Waals surface area contributed by atoms with Gasteiger partial charge in [-0.05, 0) is 37.3 Å². The van der Waals surface area contributed by atoms with Gasteiger partial charge in [0, 0.05) is 25.5 Å². The fourth-order valence-electron chi connectivity index (χ4n) is 3.89. The molecule has 26 heavy (non-hydrogen) atoms. The maximum absolute atomic E-state index is 12.9. The van der Waals surface area contributed by atoms with Gasteiger partial charge in [0.15, 0.2) is 6.10 Å². The van der Waals surface area contributed by atoms with Gasteiger partial charge in [0.25, 0.3) is 5.91 Å². The maximum Gasteiger partial charge on any atom is 0.330 e. The number of hydrogen-bond donors (Lipinski definition) is 1. The van der Waals surface area contributed by atoms with Crippen molar-refractivity contribution in [3.8, 4) is 5.75 Å². The Morgan fingerprint density at radius 1 is 1.23 bits per heavy atom. The number of benzene rings is 1. The molecule has 7 heteroatoms. The van der Waals surface area contributed by atoms with Crippen LogP contribution in [0.4, 0.5) is 0 Å². The number of ether oxygens (including phenoxy) is 1. The van der Waals surface area contributed by atoms with Crippen LogP contribution >= 0.6 is 0 Å². The Hall–Kier alpha value is -2.83. The molecule has 1 aromatic carbocycles. The van der Waals surface area contributed by atoms with Gasteiger partial charge in [-0.3, -0.25) is 4.79 Å². The summed E-state index contributed by atoms with van der Waals surface area (Å²) in [4.78, 5) is 30.5. The van der Waals surface area contributed by atoms with Crippen molar-refractivity contribution in [3.05, 3.63) is 48.5 Å². The number of aromatic nitrogens is 2. The summed E-state index contributed by atoms with van der Waals surface area (Å²) in [5, 5.41) is 9.77. The van der Waals surface area contributed by atoms with E-state index >= 15 is 0 Å². The molecule has 7 nitrogen and oxygen atoms in total. The summed E-state index contributed by atoms with van der Waals surface area (Å²) >= 11 is 0. The molecule has 2 aliphatic heterocycles. The Balaban J connectivity index is 1.45. The molecule has 0 saturated carbocycles. The lowest BCUT2D eigenvalue weighted by Gasteiger charge is -2.40. The van der Waals surface area contributed by atoms with Gasteiger partial charge < -0.3 is 19.3 Å². The summed E-state index contributed by atoms with van der Waals surface area (Å²) in [5.41, 5.74) is 0.0908. The monoisotopic (exact) mass is 355 g/mol. The van der Waals surface area contributed by atoms with Gasteiger partial charge >= 0.3 is 5.97 Å². The van der Waals surface area contributed by atoms with Crippen molar-refractivity contribution in [1.29, 1.82) is 0 Å². The van der Waals surface area contributed by atoms with Gasteiger partial charge in [-0.1, -0.05) is 18.2 Å². The molecule has 1 unspecified atom stereocenters. The normalized spacial score (nSPS) is 21.5. The summed E-state index contributed by atoms with van der Waals surface area (Å²) in [6.45, 7) is 0.787. The number of likely N-dealkylation sites (tertiary alicyclic amines) is 1. The van der Waals surface area contributed by atoms with Crippen LogP contribution in [0.2, 0.25) is 0 Å². The molecule has 0 radical (unpaired) electrons. The van der Waals surface area contributed by atoms with Crippen molar-refractivity contribution in [2.24, 2.45) is 0 Å². The number of carbonyl (C=O) groups excluding carboxylic acids is 1. The highest BCUT2D eigenvalue weighted by atomic mass is 16.5. The number of piperidine rings is 1. The number of carbonyl (C=O) groups is 2. The number of nitrogens with zero attached hydrogens (tertiary/aromatic N) is 3. The van der Waals surface area contributed by atoms with Crippen molar-refractivity contribution in [2.75, 3.05) is 13.1 Å². The molecule has 1 N–H and O–H groups in total. The molecule has 1 saturated heterocycles. The number of amides is 1. The van der Waals surface area contributed by atoms with E-state index in [1.807, 2.05) is 24.3 Å². The maximum atomic E-state index is 12.9. The van der Waals surface area contributed by atoms with Crippen molar-refractivity contribution in [1.82, 2.24) is 14.5 Å². The van der Waals surface area contributed by atoms with Crippen molar-refractivity contribution in [2.45, 2.75) is 37.3 Å². The van der Waals surface area contributed by atoms with E-state index < -0.39 is 17.6 Å². The number of fused-ring (bicyclic) bond motifs is 1. The first-order valence-corrected chi connectivity index (χ1v) is 8.85. The molecule has 2 aliphatic rings. The third-order valence-corrected chi connectivity index (χ3v) is 5.49. The predicted octanol–water partition coefficient (Wildman–Crippen LogP) is 1.68. The average molecular weight is 355 g/mol. The molecule has 0 bridgehead atoms. The highest BCUT2D eigenvalue weighted by molar-refractivity contribution is 5.83. The predicted molar refractivity (Wildman–Crippen MR) is 92.8 cm³/mol. The van der Waals surface area contributed by atoms with E-state index in [0.29, 0.717) is 32.4 Å². The fraction of sp³-hybridized carbons (Fsp3) is 0.421. The lowest BCUT2D eigenvalue weighted by atomic mass is 9.87. The van der Waals surface area contributed by atoms with E-state index in [0.717, 1.165) is 17.7 Å². The van der Waals surface area contributed by atoms with E-state index in [1.165, 1.54) is 6.33 Å². The van der Waals surface area contributed by atoms with Crippen LogP contribution in [0.3, 0.4) is 0 Å². The highest BCUT2D eigenvalue weighted by Gasteiger charge is 2.45. The topological polar surface area (TPSA) is 84.7 Å². The molecule has 1 atom stereocenters. The zero-order valence-corrected chi connectivity index (χ0v) is 14.4. The average Bonchev–Trinajstić information content (AvgIpc) is 3.22. The standard InChI is InChI=1S/C19H21N3O4/c23-17(16-6-5-14-3-1-2-4-15(14)26-16)21-10-7-19(8-11-21,18(24)25)22-12-9-20-13-22/h1-4,9,12-13,16H,5-8,10-11H2,(H,24,25). The van der Waals surface area contributed by atoms with E-state index in [2.05, 4.69) is 4.98 Å². The Labute approximate surface area is 151 Å². The Bertz CT molecular complexity index is 810. The molecular formula is C19H21N3O4. The molecule has 4 rings (SSSR count). The quantitative estimate of drug-likeness (QED) is 0.905. The second-order valence-electron chi connectivity index (χ2n) is 6.88. The molecule has 1 fully saturated rings. The van der Waals surface area contributed by atoms with Gasteiger partial charge in [-0.15, -0.1) is 0 Å². The summed E-state index contributed by atoms with van der Waals surface area (Å²) in [5.74, 6) is -0.165. The molecule has 0 spiro atoms. The zero-order valence-electron chi connectivity index (χ0n) is 14.4. The minimum Gasteiger partial charge on any atom is -0.480 e.